The van der Waals surface area contributed by atoms with Gasteiger partial charge in [0.15, 0.2) is 16.1 Å². The van der Waals surface area contributed by atoms with Crippen molar-refractivity contribution in [3.63, 3.8) is 0 Å². The average molecular weight is 692 g/mol. The third-order valence-electron chi connectivity index (χ3n) is 9.34. The van der Waals surface area contributed by atoms with Crippen molar-refractivity contribution in [2.24, 2.45) is 5.92 Å². The topological polar surface area (TPSA) is 154 Å². The van der Waals surface area contributed by atoms with Crippen LogP contribution >= 0.6 is 0 Å². The first-order valence-electron chi connectivity index (χ1n) is 16.0. The van der Waals surface area contributed by atoms with Crippen molar-refractivity contribution in [1.29, 1.82) is 0 Å². The van der Waals surface area contributed by atoms with Gasteiger partial charge in [0.2, 0.25) is 5.91 Å². The van der Waals surface area contributed by atoms with E-state index >= 15 is 0 Å². The molecule has 10 nitrogen and oxygen atoms in total. The molecule has 12 heteroatoms. The summed E-state index contributed by atoms with van der Waals surface area (Å²) < 4.78 is 50.1. The van der Waals surface area contributed by atoms with E-state index in [1.54, 1.807) is 29.2 Å². The van der Waals surface area contributed by atoms with Crippen molar-refractivity contribution >= 4 is 21.4 Å². The molecule has 6 rings (SSSR count). The quantitative estimate of drug-likeness (QED) is 0.171. The first kappa shape index (κ1) is 34.8. The molecule has 8 atom stereocenters. The molecule has 0 aliphatic carbocycles. The molecule has 49 heavy (non-hydrogen) atoms. The molecule has 2 fully saturated rings. The van der Waals surface area contributed by atoms with Gasteiger partial charge in [-0.1, -0.05) is 66.7 Å². The monoisotopic (exact) mass is 691 g/mol. The average Bonchev–Trinajstić information content (AvgIpc) is 3.11. The second-order valence-corrected chi connectivity index (χ2v) is 14.5. The number of para-hydroxylation sites is 1. The Morgan fingerprint density at radius 2 is 1.45 bits per heavy atom. The smallest absolute Gasteiger partial charge is 0.233 e. The van der Waals surface area contributed by atoms with Crippen LogP contribution in [-0.2, 0) is 24.1 Å². The number of benzene rings is 4. The van der Waals surface area contributed by atoms with Crippen LogP contribution < -0.4 is 4.90 Å². The maximum absolute atomic E-state index is 13.4. The van der Waals surface area contributed by atoms with E-state index in [0.717, 1.165) is 22.4 Å². The molecule has 2 heterocycles. The van der Waals surface area contributed by atoms with Crippen molar-refractivity contribution in [3.05, 3.63) is 120 Å². The van der Waals surface area contributed by atoms with Gasteiger partial charge >= 0.3 is 0 Å². The van der Waals surface area contributed by atoms with E-state index in [-0.39, 0.29) is 28.6 Å². The van der Waals surface area contributed by atoms with Crippen LogP contribution in [-0.4, -0.2) is 78.3 Å². The summed E-state index contributed by atoms with van der Waals surface area (Å²) in [5, 5.41) is 41.2. The standard InChI is InChI=1S/C37H38FNO9S/c1-47-37-35(43)34(42)33(41)31(48-37)21-49(45,46)28-17-13-23(14-18-28)22-7-9-25(10-8-22)32-29(36(44)39(32)27-5-3-2-4-6-27)19-20-30(40)24-11-15-26(38)16-12-24/h2-18,29-35,37,40-43H,19-21H2,1H3/t29-,30+,31?,32-,33+,34-,35+,37-/m1/s1. The van der Waals surface area contributed by atoms with Crippen LogP contribution in [0.1, 0.15) is 36.1 Å². The predicted octanol–water partition coefficient (Wildman–Crippen LogP) is 3.94. The fourth-order valence-electron chi connectivity index (χ4n) is 6.57. The minimum atomic E-state index is -3.96. The Balaban J connectivity index is 1.17. The molecule has 4 N–H and O–H groups in total. The van der Waals surface area contributed by atoms with Gasteiger partial charge in [0, 0.05) is 12.8 Å². The number of carbonyl (C=O) groups excluding carboxylic acids is 1. The predicted molar refractivity (Wildman–Crippen MR) is 178 cm³/mol. The maximum Gasteiger partial charge on any atom is 0.233 e. The first-order chi connectivity index (χ1) is 23.5. The minimum Gasteiger partial charge on any atom is -0.388 e. The van der Waals surface area contributed by atoms with Gasteiger partial charge in [0.05, 0.1) is 28.7 Å². The Hall–Kier alpha value is -4.01. The lowest BCUT2D eigenvalue weighted by Gasteiger charge is -2.48. The lowest BCUT2D eigenvalue weighted by Crippen LogP contribution is -2.59. The van der Waals surface area contributed by atoms with Gasteiger partial charge in [-0.3, -0.25) is 4.79 Å². The maximum atomic E-state index is 13.4. The number of ether oxygens (including phenoxy) is 2. The van der Waals surface area contributed by atoms with E-state index in [1.807, 2.05) is 54.6 Å². The van der Waals surface area contributed by atoms with Crippen LogP contribution in [0.25, 0.3) is 11.1 Å². The summed E-state index contributed by atoms with van der Waals surface area (Å²) in [6, 6.07) is 28.7. The number of carbonyl (C=O) groups is 1. The second kappa shape index (κ2) is 14.5. The highest BCUT2D eigenvalue weighted by Gasteiger charge is 2.48. The number of halogens is 1. The Bertz CT molecular complexity index is 1840. The third-order valence-corrected chi connectivity index (χ3v) is 11.1. The van der Waals surface area contributed by atoms with Gasteiger partial charge in [0.1, 0.15) is 30.2 Å². The molecule has 2 aliphatic rings. The van der Waals surface area contributed by atoms with E-state index in [2.05, 4.69) is 0 Å². The number of amides is 1. The number of nitrogens with zero attached hydrogens (tertiary/aromatic N) is 1. The van der Waals surface area contributed by atoms with E-state index in [9.17, 15) is 38.0 Å². The van der Waals surface area contributed by atoms with Gasteiger partial charge in [0.25, 0.3) is 0 Å². The molecule has 0 saturated carbocycles. The Morgan fingerprint density at radius 1 is 0.837 bits per heavy atom. The number of anilines is 1. The second-order valence-electron chi connectivity index (χ2n) is 12.4. The van der Waals surface area contributed by atoms with Crippen molar-refractivity contribution in [1.82, 2.24) is 0 Å². The zero-order valence-electron chi connectivity index (χ0n) is 26.6. The molecule has 0 spiro atoms. The SMILES string of the molecule is CO[C@@H]1OC(CS(=O)(=O)c2ccc(-c3ccc([C@@H]4[C@@H](CC[C@H](O)c5ccc(F)cc5)C(=O)N4c4ccccc4)cc3)cc2)[C@H](O)[C@@H](O)[C@@H]1O. The molecule has 4 aromatic carbocycles. The fourth-order valence-corrected chi connectivity index (χ4v) is 8.02. The molecule has 0 aromatic heterocycles. The van der Waals surface area contributed by atoms with Crippen LogP contribution in [0.15, 0.2) is 108 Å². The van der Waals surface area contributed by atoms with E-state index < -0.39 is 52.4 Å². The lowest BCUT2D eigenvalue weighted by atomic mass is 9.78. The number of hydrogen-bond donors (Lipinski definition) is 4. The van der Waals surface area contributed by atoms with Crippen molar-refractivity contribution in [2.75, 3.05) is 17.8 Å². The number of β-lactam (4-membered cyclic amide) rings is 1. The van der Waals surface area contributed by atoms with Gasteiger partial charge in [-0.2, -0.15) is 0 Å². The molecule has 2 saturated heterocycles. The van der Waals surface area contributed by atoms with E-state index in [1.165, 1.54) is 31.4 Å². The number of rotatable bonds is 11. The molecule has 0 bridgehead atoms. The van der Waals surface area contributed by atoms with Crippen LogP contribution in [0.3, 0.4) is 0 Å². The van der Waals surface area contributed by atoms with Crippen LogP contribution in [0.4, 0.5) is 10.1 Å². The number of aliphatic hydroxyl groups is 4. The number of aliphatic hydroxyl groups excluding tert-OH is 4. The Labute approximate surface area is 283 Å². The zero-order chi connectivity index (χ0) is 34.9. The highest BCUT2D eigenvalue weighted by atomic mass is 32.2. The van der Waals surface area contributed by atoms with Crippen molar-refractivity contribution in [2.45, 2.75) is 60.6 Å². The summed E-state index contributed by atoms with van der Waals surface area (Å²) in [5.41, 5.74) is 3.83. The fraction of sp³-hybridized carbons (Fsp3) is 0.324. The van der Waals surface area contributed by atoms with Gasteiger partial charge in [-0.15, -0.1) is 0 Å². The Kier molecular flexibility index (Phi) is 10.3. The minimum absolute atomic E-state index is 0.00426. The number of sulfone groups is 1. The van der Waals surface area contributed by atoms with Gasteiger partial charge in [-0.25, -0.2) is 12.8 Å². The molecule has 1 amide bonds. The molecule has 0 radical (unpaired) electrons. The van der Waals surface area contributed by atoms with Crippen LogP contribution in [0.5, 0.6) is 0 Å². The largest absolute Gasteiger partial charge is 0.388 e. The summed E-state index contributed by atoms with van der Waals surface area (Å²) in [7, 11) is -2.72. The first-order valence-corrected chi connectivity index (χ1v) is 17.6. The zero-order valence-corrected chi connectivity index (χ0v) is 27.4. The molecule has 2 aliphatic heterocycles. The lowest BCUT2D eigenvalue weighted by molar-refractivity contribution is -0.285. The summed E-state index contributed by atoms with van der Waals surface area (Å²) >= 11 is 0. The van der Waals surface area contributed by atoms with Gasteiger partial charge < -0.3 is 34.8 Å². The normalized spacial score (nSPS) is 26.3. The highest BCUT2D eigenvalue weighted by Crippen LogP contribution is 2.46. The van der Waals surface area contributed by atoms with E-state index in [0.29, 0.717) is 18.4 Å². The third kappa shape index (κ3) is 7.17. The van der Waals surface area contributed by atoms with Crippen molar-refractivity contribution in [3.8, 4) is 11.1 Å². The highest BCUT2D eigenvalue weighted by molar-refractivity contribution is 7.91. The summed E-state index contributed by atoms with van der Waals surface area (Å²) in [6.07, 6.45) is -7.47. The summed E-state index contributed by atoms with van der Waals surface area (Å²) in [6.45, 7) is 0. The summed E-state index contributed by atoms with van der Waals surface area (Å²) in [4.78, 5) is 15.2. The van der Waals surface area contributed by atoms with Gasteiger partial charge in [-0.05, 0) is 71.5 Å². The number of hydrogen-bond acceptors (Lipinski definition) is 9. The van der Waals surface area contributed by atoms with Crippen molar-refractivity contribution < 1.29 is 47.5 Å². The molecular formula is C37H38FNO9S. The molecule has 258 valence electrons. The Morgan fingerprint density at radius 3 is 2.06 bits per heavy atom. The molecule has 1 unspecified atom stereocenters. The summed E-state index contributed by atoms with van der Waals surface area (Å²) in [5.74, 6) is -1.44. The van der Waals surface area contributed by atoms with Crippen LogP contribution in [0, 0.1) is 11.7 Å². The molecular weight excluding hydrogens is 653 g/mol. The van der Waals surface area contributed by atoms with Crippen LogP contribution in [0.2, 0.25) is 0 Å². The van der Waals surface area contributed by atoms with E-state index in [4.69, 9.17) is 9.47 Å². The molecule has 4 aromatic rings. The number of methoxy groups -OCH3 is 1.